The predicted molar refractivity (Wildman–Crippen MR) is 112 cm³/mol. The zero-order valence-corrected chi connectivity index (χ0v) is 17.2. The van der Waals surface area contributed by atoms with Crippen LogP contribution in [0.4, 0.5) is 12.7 Å². The average molecular weight is 442 g/mol. The Bertz CT molecular complexity index is 936. The van der Waals surface area contributed by atoms with Gasteiger partial charge in [0.25, 0.3) is 5.91 Å². The van der Waals surface area contributed by atoms with Crippen LogP contribution in [0, 0.1) is 11.6 Å². The van der Waals surface area contributed by atoms with E-state index in [1.807, 2.05) is 0 Å². The second-order valence-corrected chi connectivity index (χ2v) is 7.19. The van der Waals surface area contributed by atoms with Crippen LogP contribution in [0.15, 0.2) is 69.2 Å². The molecule has 0 aromatic heterocycles. The van der Waals surface area contributed by atoms with Crippen LogP contribution in [0.2, 0.25) is 0 Å². The van der Waals surface area contributed by atoms with E-state index >= 15 is 0 Å². The van der Waals surface area contributed by atoms with Crippen molar-refractivity contribution in [2.75, 3.05) is 20.1 Å². The number of nitrogens with zero attached hydrogens (tertiary/aromatic N) is 2. The molecule has 4 nitrogen and oxygen atoms in total. The van der Waals surface area contributed by atoms with Crippen LogP contribution < -0.4 is 5.73 Å². The van der Waals surface area contributed by atoms with Gasteiger partial charge in [-0.25, -0.2) is 8.78 Å². The number of aliphatic imine (C=N–C) groups is 1. The van der Waals surface area contributed by atoms with Crippen LogP contribution in [0.5, 0.6) is 0 Å². The SMILES string of the molecule is C=C/C(SF)=C(\C(=C)Cl)C(=O)N1CCC(C(=NC)c2cc(F)cc(F)c2)=C(N)C1. The highest BCUT2D eigenvalue weighted by molar-refractivity contribution is 7.98. The minimum Gasteiger partial charge on any atom is -0.400 e. The summed E-state index contributed by atoms with van der Waals surface area (Å²) in [6.45, 7) is 7.23. The molecule has 1 aliphatic rings. The van der Waals surface area contributed by atoms with E-state index in [1.54, 1.807) is 0 Å². The maximum Gasteiger partial charge on any atom is 0.256 e. The van der Waals surface area contributed by atoms with Crippen molar-refractivity contribution in [2.24, 2.45) is 10.7 Å². The quantitative estimate of drug-likeness (QED) is 0.397. The summed E-state index contributed by atoms with van der Waals surface area (Å²) < 4.78 is 40.4. The largest absolute Gasteiger partial charge is 0.400 e. The Morgan fingerprint density at radius 1 is 1.34 bits per heavy atom. The van der Waals surface area contributed by atoms with Crippen LogP contribution in [0.25, 0.3) is 0 Å². The van der Waals surface area contributed by atoms with Gasteiger partial charge in [0.1, 0.15) is 11.6 Å². The minimum atomic E-state index is -0.732. The molecule has 1 aromatic rings. The molecule has 2 rings (SSSR count). The van der Waals surface area contributed by atoms with Gasteiger partial charge in [-0.05, 0) is 18.6 Å². The molecule has 0 aliphatic carbocycles. The first-order valence-corrected chi connectivity index (χ1v) is 9.53. The molecule has 9 heteroatoms. The Hall–Kier alpha value is -2.45. The van der Waals surface area contributed by atoms with Gasteiger partial charge in [0.05, 0.1) is 34.9 Å². The van der Waals surface area contributed by atoms with Gasteiger partial charge in [0, 0.05) is 41.5 Å². The van der Waals surface area contributed by atoms with E-state index in [-0.39, 0.29) is 52.7 Å². The number of amides is 1. The summed E-state index contributed by atoms with van der Waals surface area (Å²) in [7, 11) is 1.49. The lowest BCUT2D eigenvalue weighted by atomic mass is 9.94. The van der Waals surface area contributed by atoms with Gasteiger partial charge in [0.15, 0.2) is 0 Å². The Labute approximate surface area is 176 Å². The fraction of sp³-hybridized carbons (Fsp3) is 0.200. The Morgan fingerprint density at radius 2 is 1.97 bits per heavy atom. The first-order chi connectivity index (χ1) is 13.7. The Balaban J connectivity index is 2.37. The van der Waals surface area contributed by atoms with Crippen LogP contribution >= 0.6 is 23.7 Å². The van der Waals surface area contributed by atoms with Crippen molar-refractivity contribution in [3.8, 4) is 0 Å². The highest BCUT2D eigenvalue weighted by Gasteiger charge is 2.28. The second kappa shape index (κ2) is 9.84. The highest BCUT2D eigenvalue weighted by atomic mass is 35.5. The van der Waals surface area contributed by atoms with Gasteiger partial charge >= 0.3 is 0 Å². The number of carbonyl (C=O) groups excluding carboxylic acids is 1. The fourth-order valence-corrected chi connectivity index (χ4v) is 3.63. The molecule has 0 fully saturated rings. The summed E-state index contributed by atoms with van der Waals surface area (Å²) in [5, 5.41) is -0.116. The minimum absolute atomic E-state index is 0.0139. The van der Waals surface area contributed by atoms with Gasteiger partial charge in [-0.1, -0.05) is 30.8 Å². The number of nitrogens with two attached hydrogens (primary N) is 1. The van der Waals surface area contributed by atoms with Crippen molar-refractivity contribution in [1.82, 2.24) is 4.90 Å². The maximum atomic E-state index is 13.6. The van der Waals surface area contributed by atoms with Crippen LogP contribution in [-0.4, -0.2) is 36.7 Å². The number of carbonyl (C=O) groups is 1. The first-order valence-electron chi connectivity index (χ1n) is 8.43. The monoisotopic (exact) mass is 441 g/mol. The van der Waals surface area contributed by atoms with E-state index in [2.05, 4.69) is 18.2 Å². The lowest BCUT2D eigenvalue weighted by Gasteiger charge is -2.31. The van der Waals surface area contributed by atoms with Gasteiger partial charge < -0.3 is 10.6 Å². The molecular weight excluding hydrogens is 423 g/mol. The molecule has 0 bridgehead atoms. The lowest BCUT2D eigenvalue weighted by Crippen LogP contribution is -2.41. The number of allylic oxidation sites excluding steroid dienone is 1. The topological polar surface area (TPSA) is 58.7 Å². The number of halogens is 4. The predicted octanol–water partition coefficient (Wildman–Crippen LogP) is 4.64. The molecule has 0 atom stereocenters. The maximum absolute atomic E-state index is 13.6. The van der Waals surface area contributed by atoms with Crippen molar-refractivity contribution in [3.63, 3.8) is 0 Å². The lowest BCUT2D eigenvalue weighted by molar-refractivity contribution is -0.126. The molecule has 0 saturated heterocycles. The van der Waals surface area contributed by atoms with Gasteiger partial charge in [-0.3, -0.25) is 9.79 Å². The molecule has 0 saturated carbocycles. The van der Waals surface area contributed by atoms with Crippen molar-refractivity contribution >= 4 is 35.4 Å². The van der Waals surface area contributed by atoms with Crippen molar-refractivity contribution in [1.29, 1.82) is 0 Å². The summed E-state index contributed by atoms with van der Waals surface area (Å²) in [6.07, 6.45) is 1.47. The van der Waals surface area contributed by atoms with Crippen molar-refractivity contribution in [2.45, 2.75) is 6.42 Å². The average Bonchev–Trinajstić information content (AvgIpc) is 2.66. The standard InChI is InChI=1S/C20H19ClF3N3OS/c1-4-17(29-24)18(11(2)21)20(28)27-6-5-15(16(25)10-27)19(26-3)12-7-13(22)9-14(23)8-12/h4,7-9H,1-2,5-6,10,25H2,3H3/b18-17-,26-19?. The van der Waals surface area contributed by atoms with E-state index in [1.165, 1.54) is 18.0 Å². The molecule has 1 aromatic carbocycles. The third-order valence-electron chi connectivity index (χ3n) is 4.31. The van der Waals surface area contributed by atoms with E-state index in [0.717, 1.165) is 18.2 Å². The number of benzene rings is 1. The van der Waals surface area contributed by atoms with Crippen LogP contribution in [-0.2, 0) is 4.79 Å². The van der Waals surface area contributed by atoms with Crippen molar-refractivity contribution < 1.29 is 17.5 Å². The molecule has 1 aliphatic heterocycles. The van der Waals surface area contributed by atoms with Gasteiger partial charge in [0.2, 0.25) is 0 Å². The normalized spacial score (nSPS) is 15.9. The summed E-state index contributed by atoms with van der Waals surface area (Å²) in [5.41, 5.74) is 7.55. The molecule has 154 valence electrons. The number of hydrogen-bond donors (Lipinski definition) is 1. The third-order valence-corrected chi connectivity index (χ3v) is 5.04. The zero-order valence-electron chi connectivity index (χ0n) is 15.6. The number of hydrogen-bond acceptors (Lipinski definition) is 4. The van der Waals surface area contributed by atoms with Crippen molar-refractivity contribution in [3.05, 3.63) is 81.4 Å². The molecule has 29 heavy (non-hydrogen) atoms. The third kappa shape index (κ3) is 5.13. The highest BCUT2D eigenvalue weighted by Crippen LogP contribution is 2.30. The summed E-state index contributed by atoms with van der Waals surface area (Å²) in [5.74, 6) is -2.01. The first kappa shape index (κ1) is 22.8. The van der Waals surface area contributed by atoms with E-state index in [9.17, 15) is 17.5 Å². The molecule has 1 amide bonds. The summed E-state index contributed by atoms with van der Waals surface area (Å²) in [4.78, 5) is 18.3. The van der Waals surface area contributed by atoms with Crippen LogP contribution in [0.1, 0.15) is 12.0 Å². The Morgan fingerprint density at radius 3 is 2.41 bits per heavy atom. The molecule has 2 N–H and O–H groups in total. The van der Waals surface area contributed by atoms with Gasteiger partial charge in [-0.2, -0.15) is 3.89 Å². The summed E-state index contributed by atoms with van der Waals surface area (Å²) in [6, 6.07) is 3.09. The van der Waals surface area contributed by atoms with E-state index in [0.29, 0.717) is 17.0 Å². The molecular formula is C20H19ClF3N3OS. The summed E-state index contributed by atoms with van der Waals surface area (Å²) >= 11 is 5.74. The second-order valence-electron chi connectivity index (χ2n) is 6.14. The van der Waals surface area contributed by atoms with E-state index < -0.39 is 17.5 Å². The smallest absolute Gasteiger partial charge is 0.256 e. The molecule has 0 spiro atoms. The Kier molecular flexibility index (Phi) is 7.75. The molecule has 0 unspecified atom stereocenters. The van der Waals surface area contributed by atoms with Crippen LogP contribution in [0.3, 0.4) is 0 Å². The molecule has 1 heterocycles. The number of rotatable bonds is 6. The van der Waals surface area contributed by atoms with Gasteiger partial charge in [-0.15, -0.1) is 0 Å². The van der Waals surface area contributed by atoms with E-state index in [4.69, 9.17) is 17.3 Å². The zero-order chi connectivity index (χ0) is 21.7. The molecule has 0 radical (unpaired) electrons. The fourth-order valence-electron chi connectivity index (χ4n) is 3.05.